The van der Waals surface area contributed by atoms with Crippen molar-refractivity contribution in [1.82, 2.24) is 5.32 Å². The van der Waals surface area contributed by atoms with Gasteiger partial charge in [0, 0.05) is 24.7 Å². The van der Waals surface area contributed by atoms with Crippen LogP contribution in [0.3, 0.4) is 0 Å². The third kappa shape index (κ3) is 6.26. The van der Waals surface area contributed by atoms with Crippen molar-refractivity contribution < 1.29 is 28.5 Å². The fraction of sp³-hybridized carbons (Fsp3) is 0.381. The summed E-state index contributed by atoms with van der Waals surface area (Å²) in [5.74, 6) is 2.71. The van der Waals surface area contributed by atoms with Gasteiger partial charge in [0.15, 0.2) is 18.1 Å². The molecule has 0 aliphatic carbocycles. The van der Waals surface area contributed by atoms with Crippen LogP contribution in [0, 0.1) is 0 Å². The Balaban J connectivity index is 1.90. The number of carbonyl (C=O) groups is 1. The maximum Gasteiger partial charge on any atom is 0.258 e. The fourth-order valence-electron chi connectivity index (χ4n) is 2.44. The smallest absolute Gasteiger partial charge is 0.258 e. The zero-order valence-corrected chi connectivity index (χ0v) is 16.9. The fourth-order valence-corrected chi connectivity index (χ4v) is 2.44. The van der Waals surface area contributed by atoms with Crippen LogP contribution in [0.4, 0.5) is 0 Å². The SMILES string of the molecule is COc1cc(OC)cc(OCC(=O)NCc2ccc(OC(C)C)c(OC)c2)c1. The first-order chi connectivity index (χ1) is 13.4. The third-order valence-electron chi connectivity index (χ3n) is 3.78. The molecule has 152 valence electrons. The molecule has 0 saturated carbocycles. The van der Waals surface area contributed by atoms with Gasteiger partial charge in [-0.15, -0.1) is 0 Å². The number of nitrogens with one attached hydrogen (secondary N) is 1. The van der Waals surface area contributed by atoms with Crippen molar-refractivity contribution >= 4 is 5.91 Å². The van der Waals surface area contributed by atoms with E-state index >= 15 is 0 Å². The second kappa shape index (κ2) is 10.3. The molecule has 2 rings (SSSR count). The molecule has 7 heteroatoms. The largest absolute Gasteiger partial charge is 0.496 e. The van der Waals surface area contributed by atoms with E-state index in [0.29, 0.717) is 35.3 Å². The molecule has 1 N–H and O–H groups in total. The lowest BCUT2D eigenvalue weighted by atomic mass is 10.2. The lowest BCUT2D eigenvalue weighted by Gasteiger charge is -2.15. The molecule has 0 aromatic heterocycles. The van der Waals surface area contributed by atoms with Gasteiger partial charge in [0.25, 0.3) is 5.91 Å². The summed E-state index contributed by atoms with van der Waals surface area (Å²) in [5, 5.41) is 2.82. The molecule has 28 heavy (non-hydrogen) atoms. The van der Waals surface area contributed by atoms with Gasteiger partial charge in [0.2, 0.25) is 0 Å². The number of ether oxygens (including phenoxy) is 5. The van der Waals surface area contributed by atoms with Crippen LogP contribution in [0.5, 0.6) is 28.7 Å². The summed E-state index contributed by atoms with van der Waals surface area (Å²) in [5.41, 5.74) is 0.893. The van der Waals surface area contributed by atoms with Crippen LogP contribution in [-0.2, 0) is 11.3 Å². The van der Waals surface area contributed by atoms with Crippen molar-refractivity contribution in [3.8, 4) is 28.7 Å². The molecule has 0 aliphatic heterocycles. The van der Waals surface area contributed by atoms with Crippen LogP contribution in [0.25, 0.3) is 0 Å². The molecule has 1 amide bonds. The molecule has 2 aromatic rings. The number of amides is 1. The Morgan fingerprint density at radius 1 is 0.893 bits per heavy atom. The number of methoxy groups -OCH3 is 3. The molecule has 0 radical (unpaired) electrons. The van der Waals surface area contributed by atoms with E-state index in [1.54, 1.807) is 39.5 Å². The maximum absolute atomic E-state index is 12.1. The molecule has 0 saturated heterocycles. The van der Waals surface area contributed by atoms with Crippen molar-refractivity contribution in [3.63, 3.8) is 0 Å². The summed E-state index contributed by atoms with van der Waals surface area (Å²) in [4.78, 5) is 12.1. The average Bonchev–Trinajstić information content (AvgIpc) is 2.70. The second-order valence-corrected chi connectivity index (χ2v) is 6.27. The highest BCUT2D eigenvalue weighted by Gasteiger charge is 2.10. The topological polar surface area (TPSA) is 75.3 Å². The van der Waals surface area contributed by atoms with Gasteiger partial charge in [-0.25, -0.2) is 0 Å². The molecule has 7 nitrogen and oxygen atoms in total. The first kappa shape index (κ1) is 21.2. The second-order valence-electron chi connectivity index (χ2n) is 6.27. The highest BCUT2D eigenvalue weighted by atomic mass is 16.5. The number of rotatable bonds is 10. The average molecular weight is 389 g/mol. The third-order valence-corrected chi connectivity index (χ3v) is 3.78. The maximum atomic E-state index is 12.1. The summed E-state index contributed by atoms with van der Waals surface area (Å²) in [6.07, 6.45) is 0.0480. The monoisotopic (exact) mass is 389 g/mol. The van der Waals surface area contributed by atoms with Crippen LogP contribution in [-0.4, -0.2) is 39.9 Å². The minimum Gasteiger partial charge on any atom is -0.496 e. The van der Waals surface area contributed by atoms with Crippen LogP contribution in [0.1, 0.15) is 19.4 Å². The number of hydrogen-bond acceptors (Lipinski definition) is 6. The highest BCUT2D eigenvalue weighted by Crippen LogP contribution is 2.29. The summed E-state index contributed by atoms with van der Waals surface area (Å²) < 4.78 is 26.9. The predicted octanol–water partition coefficient (Wildman–Crippen LogP) is 3.19. The molecule has 0 bridgehead atoms. The Bertz CT molecular complexity index is 768. The number of benzene rings is 2. The van der Waals surface area contributed by atoms with Gasteiger partial charge in [-0.2, -0.15) is 0 Å². The molecule has 0 heterocycles. The molecular weight excluding hydrogens is 362 g/mol. The van der Waals surface area contributed by atoms with E-state index in [1.807, 2.05) is 32.0 Å². The molecule has 0 fully saturated rings. The van der Waals surface area contributed by atoms with E-state index in [4.69, 9.17) is 23.7 Å². The standard InChI is InChI=1S/C21H27NO6/c1-14(2)28-19-7-6-15(8-20(19)26-5)12-22-21(23)13-27-18-10-16(24-3)9-17(11-18)25-4/h6-11,14H,12-13H2,1-5H3,(H,22,23). The van der Waals surface area contributed by atoms with Gasteiger partial charge in [-0.1, -0.05) is 6.07 Å². The summed E-state index contributed by atoms with van der Waals surface area (Å²) in [7, 11) is 4.69. The zero-order chi connectivity index (χ0) is 20.5. The van der Waals surface area contributed by atoms with Crippen LogP contribution in [0.15, 0.2) is 36.4 Å². The zero-order valence-electron chi connectivity index (χ0n) is 16.9. The summed E-state index contributed by atoms with van der Waals surface area (Å²) in [6.45, 7) is 4.13. The van der Waals surface area contributed by atoms with E-state index in [0.717, 1.165) is 5.56 Å². The lowest BCUT2D eigenvalue weighted by Crippen LogP contribution is -2.28. The van der Waals surface area contributed by atoms with Crippen molar-refractivity contribution in [1.29, 1.82) is 0 Å². The molecular formula is C21H27NO6. The Morgan fingerprint density at radius 3 is 2.11 bits per heavy atom. The Kier molecular flexibility index (Phi) is 7.80. The molecule has 2 aromatic carbocycles. The van der Waals surface area contributed by atoms with E-state index in [9.17, 15) is 4.79 Å². The minimum absolute atomic E-state index is 0.0480. The van der Waals surface area contributed by atoms with Crippen molar-refractivity contribution in [2.75, 3.05) is 27.9 Å². The Morgan fingerprint density at radius 2 is 1.54 bits per heavy atom. The molecule has 0 atom stereocenters. The van der Waals surface area contributed by atoms with Crippen LogP contribution in [0.2, 0.25) is 0 Å². The first-order valence-corrected chi connectivity index (χ1v) is 8.91. The first-order valence-electron chi connectivity index (χ1n) is 8.91. The van der Waals surface area contributed by atoms with E-state index < -0.39 is 0 Å². The Hall–Kier alpha value is -3.09. The quantitative estimate of drug-likeness (QED) is 0.673. The van der Waals surface area contributed by atoms with Crippen molar-refractivity contribution in [2.24, 2.45) is 0 Å². The number of carbonyl (C=O) groups excluding carboxylic acids is 1. The van der Waals surface area contributed by atoms with Gasteiger partial charge in [0.05, 0.1) is 27.4 Å². The van der Waals surface area contributed by atoms with Gasteiger partial charge < -0.3 is 29.0 Å². The van der Waals surface area contributed by atoms with Crippen molar-refractivity contribution in [2.45, 2.75) is 26.5 Å². The van der Waals surface area contributed by atoms with E-state index in [-0.39, 0.29) is 18.6 Å². The van der Waals surface area contributed by atoms with Crippen molar-refractivity contribution in [3.05, 3.63) is 42.0 Å². The van der Waals surface area contributed by atoms with Crippen LogP contribution < -0.4 is 29.0 Å². The van der Waals surface area contributed by atoms with E-state index in [2.05, 4.69) is 5.32 Å². The minimum atomic E-state index is -0.247. The van der Waals surface area contributed by atoms with E-state index in [1.165, 1.54) is 0 Å². The van der Waals surface area contributed by atoms with Gasteiger partial charge >= 0.3 is 0 Å². The summed E-state index contributed by atoms with van der Waals surface area (Å²) >= 11 is 0. The molecule has 0 aliphatic rings. The summed E-state index contributed by atoms with van der Waals surface area (Å²) in [6, 6.07) is 10.7. The van der Waals surface area contributed by atoms with Gasteiger partial charge in [-0.3, -0.25) is 4.79 Å². The Labute approximate surface area is 165 Å². The lowest BCUT2D eigenvalue weighted by molar-refractivity contribution is -0.123. The van der Waals surface area contributed by atoms with Crippen LogP contribution >= 0.6 is 0 Å². The van der Waals surface area contributed by atoms with Gasteiger partial charge in [-0.05, 0) is 31.5 Å². The highest BCUT2D eigenvalue weighted by molar-refractivity contribution is 5.77. The molecule has 0 spiro atoms. The van der Waals surface area contributed by atoms with Gasteiger partial charge in [0.1, 0.15) is 17.2 Å². The molecule has 0 unspecified atom stereocenters. The predicted molar refractivity (Wildman–Crippen MR) is 106 cm³/mol. The normalized spacial score (nSPS) is 10.4. The number of hydrogen-bond donors (Lipinski definition) is 1.